The fourth-order valence-electron chi connectivity index (χ4n) is 8.41. The van der Waals surface area contributed by atoms with Gasteiger partial charge in [-0.05, 0) is 154 Å². The van der Waals surface area contributed by atoms with Gasteiger partial charge in [0.25, 0.3) is 0 Å². The van der Waals surface area contributed by atoms with Crippen molar-refractivity contribution in [1.29, 1.82) is 0 Å². The highest BCUT2D eigenvalue weighted by molar-refractivity contribution is 7.90. The van der Waals surface area contributed by atoms with Crippen LogP contribution in [0.4, 0.5) is 21.0 Å². The summed E-state index contributed by atoms with van der Waals surface area (Å²) < 4.78 is 75.8. The molecule has 2 amide bonds. The Kier molecular flexibility index (Phi) is 25.0. The molecule has 2 fully saturated rings. The van der Waals surface area contributed by atoms with E-state index in [-0.39, 0.29) is 76.4 Å². The van der Waals surface area contributed by atoms with Crippen LogP contribution in [-0.4, -0.2) is 108 Å². The Balaban J connectivity index is 0.000000319. The lowest BCUT2D eigenvalue weighted by Crippen LogP contribution is -2.51. The van der Waals surface area contributed by atoms with Gasteiger partial charge in [0.15, 0.2) is 15.7 Å². The van der Waals surface area contributed by atoms with Gasteiger partial charge >= 0.3 is 12.2 Å². The first-order valence-electron chi connectivity index (χ1n) is 28.6. The van der Waals surface area contributed by atoms with E-state index in [1.165, 1.54) is 34.8 Å². The van der Waals surface area contributed by atoms with E-state index in [1.807, 2.05) is 41.5 Å². The fraction of sp³-hybridized carbons (Fsp3) is 0.655. The predicted molar refractivity (Wildman–Crippen MR) is 346 cm³/mol. The maximum atomic E-state index is 13.7. The Labute approximate surface area is 511 Å². The second-order valence-electron chi connectivity index (χ2n) is 26.8. The summed E-state index contributed by atoms with van der Waals surface area (Å²) in [6, 6.07) is 9.92. The van der Waals surface area contributed by atoms with Crippen LogP contribution in [0.2, 0.25) is 36.3 Å². The summed E-state index contributed by atoms with van der Waals surface area (Å²) in [6.07, 6.45) is 9.23. The number of aromatic nitrogens is 2. The molecule has 83 heavy (non-hydrogen) atoms. The number of thiazole rings is 2. The SMILES string of the molecule is CC(C)(C)[Si](C)(C)Cl.CC(C)OC(=O)NC1CCC(c2ncc(-c3ccc(N)cc3S(=O)(=O)NC(C)(C)CO)s2)CC1.CC(C)OC(=O)NC1CCC(c2ncc(-c3ccc(N)cc3S(=O)(=O)NC(C)(C)CO[Si](C)(C)C(C)(C)C)s2)CC1. The fourth-order valence-corrected chi connectivity index (χ4v) is 15.3. The minimum Gasteiger partial charge on any atom is -0.447 e. The van der Waals surface area contributed by atoms with E-state index in [0.717, 1.165) is 71.1 Å². The summed E-state index contributed by atoms with van der Waals surface area (Å²) in [6.45, 7) is 35.8. The van der Waals surface area contributed by atoms with Crippen LogP contribution in [0.5, 0.6) is 0 Å². The van der Waals surface area contributed by atoms with Crippen LogP contribution in [0.15, 0.2) is 58.6 Å². The maximum Gasteiger partial charge on any atom is 0.407 e. The first kappa shape index (κ1) is 71.8. The van der Waals surface area contributed by atoms with Crippen molar-refractivity contribution < 1.29 is 45.4 Å². The average molecular weight is 1290 g/mol. The molecule has 18 nitrogen and oxygen atoms in total. The quantitative estimate of drug-likeness (QED) is 0.0277. The number of aliphatic hydroxyl groups is 1. The highest BCUT2D eigenvalue weighted by Gasteiger charge is 2.40. The summed E-state index contributed by atoms with van der Waals surface area (Å²) in [5.41, 5.74) is 11.9. The minimum absolute atomic E-state index is 0.0161. The van der Waals surface area contributed by atoms with Crippen LogP contribution in [0.25, 0.3) is 20.9 Å². The number of rotatable bonds is 18. The van der Waals surface area contributed by atoms with Crippen LogP contribution in [-0.2, 0) is 33.9 Å². The predicted octanol–water partition coefficient (Wildman–Crippen LogP) is 13.5. The lowest BCUT2D eigenvalue weighted by Gasteiger charge is -2.39. The second-order valence-corrected chi connectivity index (χ2v) is 44.4. The van der Waals surface area contributed by atoms with Gasteiger partial charge in [0, 0.05) is 64.4 Å². The third kappa shape index (κ3) is 21.9. The van der Waals surface area contributed by atoms with Crippen LogP contribution in [0.1, 0.15) is 170 Å². The number of hydrogen-bond donors (Lipinski definition) is 7. The molecule has 0 aliphatic heterocycles. The van der Waals surface area contributed by atoms with E-state index in [1.54, 1.807) is 50.5 Å². The number of nitrogens with zero attached hydrogens (tertiary/aromatic N) is 2. The van der Waals surface area contributed by atoms with Gasteiger partial charge in [-0.1, -0.05) is 66.8 Å². The summed E-state index contributed by atoms with van der Waals surface area (Å²) >= 11 is 9.13. The molecule has 0 spiro atoms. The molecule has 0 atom stereocenters. The molecule has 6 rings (SSSR count). The van der Waals surface area contributed by atoms with Crippen LogP contribution in [0, 0.1) is 0 Å². The van der Waals surface area contributed by atoms with E-state index in [2.05, 4.69) is 97.8 Å². The summed E-state index contributed by atoms with van der Waals surface area (Å²) in [4.78, 5) is 34.8. The summed E-state index contributed by atoms with van der Waals surface area (Å²) in [7, 11) is -11.3. The third-order valence-electron chi connectivity index (χ3n) is 15.3. The van der Waals surface area contributed by atoms with Crippen molar-refractivity contribution in [2.24, 2.45) is 0 Å². The number of benzene rings is 2. The monoisotopic (exact) mass is 1280 g/mol. The van der Waals surface area contributed by atoms with E-state index >= 15 is 0 Å². The van der Waals surface area contributed by atoms with Crippen molar-refractivity contribution in [1.82, 2.24) is 30.0 Å². The van der Waals surface area contributed by atoms with Crippen molar-refractivity contribution >= 4 is 93.1 Å². The Bertz CT molecular complexity index is 3000. The first-order chi connectivity index (χ1) is 37.9. The number of carbonyl (C=O) groups excluding carboxylic acids is 2. The Hall–Kier alpha value is -3.70. The van der Waals surface area contributed by atoms with Gasteiger partial charge in [-0.15, -0.1) is 22.7 Å². The molecular weight excluding hydrogens is 1190 g/mol. The molecule has 0 bridgehead atoms. The van der Waals surface area contributed by atoms with E-state index in [0.29, 0.717) is 27.5 Å². The number of sulfonamides is 2. The van der Waals surface area contributed by atoms with Crippen molar-refractivity contribution in [3.8, 4) is 20.9 Å². The van der Waals surface area contributed by atoms with Gasteiger partial charge in [0.1, 0.15) is 0 Å². The lowest BCUT2D eigenvalue weighted by atomic mass is 9.86. The second kappa shape index (κ2) is 28.9. The van der Waals surface area contributed by atoms with Crippen molar-refractivity contribution in [2.75, 3.05) is 24.7 Å². The molecule has 4 aromatic rings. The topological polar surface area (TPSA) is 276 Å². The molecule has 2 saturated carbocycles. The molecule has 0 unspecified atom stereocenters. The van der Waals surface area contributed by atoms with Gasteiger partial charge in [-0.3, -0.25) is 0 Å². The molecule has 2 aromatic carbocycles. The maximum absolute atomic E-state index is 13.7. The number of alkyl carbamates (subject to hydrolysis) is 2. The summed E-state index contributed by atoms with van der Waals surface area (Å²) in [5.74, 6) is 0.504. The number of amides is 2. The highest BCUT2D eigenvalue weighted by Crippen LogP contribution is 2.43. The Morgan fingerprint density at radius 3 is 1.30 bits per heavy atom. The zero-order valence-electron chi connectivity index (χ0n) is 52.3. The molecule has 2 aromatic heterocycles. The number of nitrogens with two attached hydrogens (primary N) is 2. The molecule has 2 aliphatic rings. The van der Waals surface area contributed by atoms with Gasteiger partial charge in [-0.2, -0.15) is 11.1 Å². The Morgan fingerprint density at radius 1 is 0.639 bits per heavy atom. The molecule has 0 radical (unpaired) electrons. The minimum atomic E-state index is -3.94. The zero-order chi connectivity index (χ0) is 62.9. The van der Waals surface area contributed by atoms with Crippen LogP contribution < -0.4 is 31.5 Å². The number of hydrogen-bond acceptors (Lipinski definition) is 16. The lowest BCUT2D eigenvalue weighted by molar-refractivity contribution is 0.108. The average Bonchev–Trinajstić information content (AvgIpc) is 4.24. The van der Waals surface area contributed by atoms with E-state index < -0.39 is 46.8 Å². The standard InChI is InChI=1S/C29H48N4O5S2Si.C23H34N4O5S2.C6H15ClSi/c1-19(2)38-27(34)32-22-13-10-20(11-14-22)26-31-17-24(39-26)23-15-12-21(30)16-25(23)40(35,36)33-29(6,7)18-37-41(8,9)28(3,4)5;1-14(2)32-22(29)26-17-8-5-15(6-9-17)21-25-12-19(33-21)18-10-7-16(24)11-20(18)34(30,31)27-23(3,4)13-28;1-6(2,3)8(4,5)7/h12,15-17,19-20,22,33H,10-11,13-14,18,30H2,1-9H3,(H,32,34);7,10-12,14-15,17,27-28H,5-6,8-9,13,24H2,1-4H3,(H,26,29);1-5H3. The third-order valence-corrected chi connectivity index (χ3v) is 30.9. The smallest absolute Gasteiger partial charge is 0.407 e. The normalized spacial score (nSPS) is 18.6. The van der Waals surface area contributed by atoms with Crippen molar-refractivity contribution in [2.45, 2.75) is 242 Å². The van der Waals surface area contributed by atoms with Gasteiger partial charge < -0.3 is 41.1 Å². The van der Waals surface area contributed by atoms with Gasteiger partial charge in [-0.25, -0.2) is 45.8 Å². The molecule has 9 N–H and O–H groups in total. The first-order valence-corrected chi connectivity index (χ1v) is 40.1. The van der Waals surface area contributed by atoms with E-state index in [9.17, 15) is 31.5 Å². The molecule has 468 valence electrons. The number of halogens is 1. The van der Waals surface area contributed by atoms with Crippen LogP contribution in [0.3, 0.4) is 0 Å². The van der Waals surface area contributed by atoms with Crippen molar-refractivity contribution in [3.05, 3.63) is 58.8 Å². The number of aliphatic hydroxyl groups excluding tert-OH is 1. The largest absolute Gasteiger partial charge is 0.447 e. The van der Waals surface area contributed by atoms with Gasteiger partial charge in [0.2, 0.25) is 20.0 Å². The van der Waals surface area contributed by atoms with Crippen molar-refractivity contribution in [3.63, 3.8) is 0 Å². The molecule has 0 saturated heterocycles. The van der Waals surface area contributed by atoms with E-state index in [4.69, 9.17) is 36.4 Å². The summed E-state index contributed by atoms with van der Waals surface area (Å²) in [5, 5.41) is 17.7. The molecule has 2 aliphatic carbocycles. The number of nitrogen functional groups attached to an aromatic ring is 2. The number of anilines is 2. The molecular formula is C58H97ClN8O10S4Si2. The number of carbonyl (C=O) groups is 2. The molecule has 25 heteroatoms. The van der Waals surface area contributed by atoms with Crippen LogP contribution >= 0.6 is 33.8 Å². The van der Waals surface area contributed by atoms with Gasteiger partial charge in [0.05, 0.1) is 60.5 Å². The zero-order valence-corrected chi connectivity index (χ0v) is 58.4. The Morgan fingerprint density at radius 2 is 0.988 bits per heavy atom. The molecule has 2 heterocycles. The number of nitrogens with one attached hydrogen (secondary N) is 4. The highest BCUT2D eigenvalue weighted by atomic mass is 35.6. The number of ether oxygens (including phenoxy) is 2.